The van der Waals surface area contributed by atoms with E-state index in [4.69, 9.17) is 9.15 Å². The Balaban J connectivity index is 1.27. The zero-order valence-corrected chi connectivity index (χ0v) is 17.8. The van der Waals surface area contributed by atoms with Crippen LogP contribution in [0.1, 0.15) is 46.5 Å². The van der Waals surface area contributed by atoms with Crippen molar-refractivity contribution in [2.45, 2.75) is 25.2 Å². The largest absolute Gasteiger partial charge is 0.497 e. The molecule has 32 heavy (non-hydrogen) atoms. The number of hydrogen-bond donors (Lipinski definition) is 1. The van der Waals surface area contributed by atoms with E-state index in [1.54, 1.807) is 25.4 Å². The number of oxazole rings is 1. The molecule has 1 aliphatic heterocycles. The third-order valence-corrected chi connectivity index (χ3v) is 5.98. The Morgan fingerprint density at radius 2 is 2.09 bits per heavy atom. The van der Waals surface area contributed by atoms with Crippen molar-refractivity contribution >= 4 is 16.8 Å². The number of methoxy groups -OCH3 is 1. The molecule has 4 aromatic rings. The van der Waals surface area contributed by atoms with E-state index in [2.05, 4.69) is 9.97 Å². The van der Waals surface area contributed by atoms with Gasteiger partial charge in [0.25, 0.3) is 5.91 Å². The Kier molecular flexibility index (Phi) is 5.39. The van der Waals surface area contributed by atoms with E-state index in [9.17, 15) is 9.18 Å². The lowest BCUT2D eigenvalue weighted by Gasteiger charge is -2.31. The molecule has 1 atom stereocenters. The second-order valence-corrected chi connectivity index (χ2v) is 8.19. The predicted octanol–water partition coefficient (Wildman–Crippen LogP) is 4.91. The van der Waals surface area contributed by atoms with Gasteiger partial charge in [-0.15, -0.1) is 0 Å². The first-order valence-electron chi connectivity index (χ1n) is 10.7. The van der Waals surface area contributed by atoms with Gasteiger partial charge in [0.05, 0.1) is 19.2 Å². The van der Waals surface area contributed by atoms with Crippen molar-refractivity contribution in [3.8, 4) is 5.75 Å². The molecular weight excluding hydrogens is 409 g/mol. The van der Waals surface area contributed by atoms with Crippen molar-refractivity contribution in [3.63, 3.8) is 0 Å². The zero-order valence-electron chi connectivity index (χ0n) is 17.8. The highest BCUT2D eigenvalue weighted by molar-refractivity contribution is 5.98. The Hall–Kier alpha value is -3.61. The molecule has 2 aromatic carbocycles. The summed E-state index contributed by atoms with van der Waals surface area (Å²) in [6.45, 7) is 1.23. The van der Waals surface area contributed by atoms with Crippen molar-refractivity contribution in [3.05, 3.63) is 83.5 Å². The number of rotatable bonds is 5. The van der Waals surface area contributed by atoms with Crippen LogP contribution in [0, 0.1) is 5.82 Å². The highest BCUT2D eigenvalue weighted by Crippen LogP contribution is 2.29. The summed E-state index contributed by atoms with van der Waals surface area (Å²) in [4.78, 5) is 22.5. The second kappa shape index (κ2) is 8.49. The number of hydrogen-bond acceptors (Lipinski definition) is 4. The molecule has 0 saturated carbocycles. The Labute approximate surface area is 185 Å². The summed E-state index contributed by atoms with van der Waals surface area (Å²) in [6.07, 6.45) is 4.22. The van der Waals surface area contributed by atoms with Crippen LogP contribution in [-0.4, -0.2) is 41.0 Å². The number of nitrogens with zero attached hydrogens (tertiary/aromatic N) is 2. The number of nitrogens with one attached hydrogen (secondary N) is 1. The monoisotopic (exact) mass is 433 g/mol. The molecule has 1 amide bonds. The maximum atomic E-state index is 13.5. The van der Waals surface area contributed by atoms with Crippen LogP contribution in [0.3, 0.4) is 0 Å². The minimum atomic E-state index is -0.317. The van der Waals surface area contributed by atoms with E-state index in [0.717, 1.165) is 35.4 Å². The highest BCUT2D eigenvalue weighted by Gasteiger charge is 2.29. The van der Waals surface area contributed by atoms with Gasteiger partial charge in [0.15, 0.2) is 5.89 Å². The van der Waals surface area contributed by atoms with Crippen molar-refractivity contribution in [2.75, 3.05) is 20.2 Å². The number of H-pyrrole nitrogens is 1. The van der Waals surface area contributed by atoms with E-state index in [-0.39, 0.29) is 17.6 Å². The molecule has 1 aliphatic rings. The number of amides is 1. The lowest BCUT2D eigenvalue weighted by molar-refractivity contribution is 0.0693. The Bertz CT molecular complexity index is 1250. The molecule has 5 rings (SSSR count). The number of aromatic nitrogens is 2. The molecule has 1 N–H and O–H groups in total. The van der Waals surface area contributed by atoms with Crippen LogP contribution >= 0.6 is 0 Å². The number of halogens is 1. The van der Waals surface area contributed by atoms with Gasteiger partial charge in [-0.3, -0.25) is 4.79 Å². The Morgan fingerprint density at radius 3 is 2.91 bits per heavy atom. The molecule has 0 unspecified atom stereocenters. The van der Waals surface area contributed by atoms with Crippen molar-refractivity contribution in [2.24, 2.45) is 0 Å². The Morgan fingerprint density at radius 1 is 1.25 bits per heavy atom. The molecule has 3 heterocycles. The summed E-state index contributed by atoms with van der Waals surface area (Å²) in [5.41, 5.74) is 2.34. The van der Waals surface area contributed by atoms with E-state index in [1.807, 2.05) is 29.2 Å². The number of carbonyl (C=O) groups is 1. The average molecular weight is 433 g/mol. The molecule has 0 radical (unpaired) electrons. The van der Waals surface area contributed by atoms with Gasteiger partial charge in [0, 0.05) is 30.4 Å². The van der Waals surface area contributed by atoms with Crippen molar-refractivity contribution in [1.29, 1.82) is 0 Å². The quantitative estimate of drug-likeness (QED) is 0.485. The lowest BCUT2D eigenvalue weighted by atomic mass is 9.97. The summed E-state index contributed by atoms with van der Waals surface area (Å²) in [7, 11) is 1.65. The van der Waals surface area contributed by atoms with Crippen LogP contribution < -0.4 is 4.74 Å². The predicted molar refractivity (Wildman–Crippen MR) is 118 cm³/mol. The SMILES string of the molecule is COc1ccc(Cc2cnc([C@@H]3CCCN(C(=O)c4cc5cc(F)ccc5[nH]4)C3)o2)cc1. The van der Waals surface area contributed by atoms with E-state index in [0.29, 0.717) is 36.5 Å². The minimum absolute atomic E-state index is 0.0548. The van der Waals surface area contributed by atoms with Crippen LogP contribution in [0.4, 0.5) is 4.39 Å². The summed E-state index contributed by atoms with van der Waals surface area (Å²) in [6, 6.07) is 14.0. The van der Waals surface area contributed by atoms with Crippen LogP contribution in [0.2, 0.25) is 0 Å². The maximum absolute atomic E-state index is 13.5. The highest BCUT2D eigenvalue weighted by atomic mass is 19.1. The summed E-state index contributed by atoms with van der Waals surface area (Å²) >= 11 is 0. The minimum Gasteiger partial charge on any atom is -0.497 e. The fraction of sp³-hybridized carbons (Fsp3) is 0.280. The fourth-order valence-corrected chi connectivity index (χ4v) is 4.29. The van der Waals surface area contributed by atoms with Crippen molar-refractivity contribution in [1.82, 2.24) is 14.9 Å². The molecule has 2 aromatic heterocycles. The molecule has 6 nitrogen and oxygen atoms in total. The van der Waals surface area contributed by atoms with Gasteiger partial charge in [-0.2, -0.15) is 0 Å². The third-order valence-electron chi connectivity index (χ3n) is 5.98. The zero-order chi connectivity index (χ0) is 22.1. The first-order chi connectivity index (χ1) is 15.6. The topological polar surface area (TPSA) is 71.4 Å². The van der Waals surface area contributed by atoms with Crippen LogP contribution in [-0.2, 0) is 6.42 Å². The number of ether oxygens (including phenoxy) is 1. The number of likely N-dealkylation sites (tertiary alicyclic amines) is 1. The number of piperidine rings is 1. The van der Waals surface area contributed by atoms with E-state index >= 15 is 0 Å². The molecule has 0 spiro atoms. The van der Waals surface area contributed by atoms with Gasteiger partial charge >= 0.3 is 0 Å². The number of benzene rings is 2. The molecule has 0 aliphatic carbocycles. The lowest BCUT2D eigenvalue weighted by Crippen LogP contribution is -2.39. The third kappa shape index (κ3) is 4.10. The molecule has 1 fully saturated rings. The number of carbonyl (C=O) groups excluding carboxylic acids is 1. The first kappa shape index (κ1) is 20.3. The summed E-state index contributed by atoms with van der Waals surface area (Å²) in [5.74, 6) is 1.94. The fourth-order valence-electron chi connectivity index (χ4n) is 4.29. The molecule has 1 saturated heterocycles. The number of aromatic amines is 1. The van der Waals surface area contributed by atoms with E-state index < -0.39 is 0 Å². The first-order valence-corrected chi connectivity index (χ1v) is 10.7. The summed E-state index contributed by atoms with van der Waals surface area (Å²) in [5, 5.41) is 0.692. The molecule has 0 bridgehead atoms. The molecule has 164 valence electrons. The molecule has 7 heteroatoms. The van der Waals surface area contributed by atoms with Gasteiger partial charge in [0.1, 0.15) is 23.0 Å². The van der Waals surface area contributed by atoms with Gasteiger partial charge < -0.3 is 19.0 Å². The second-order valence-electron chi connectivity index (χ2n) is 8.19. The normalized spacial score (nSPS) is 16.4. The van der Waals surface area contributed by atoms with Crippen molar-refractivity contribution < 1.29 is 18.3 Å². The molecular formula is C25H24FN3O3. The van der Waals surface area contributed by atoms with E-state index in [1.165, 1.54) is 12.1 Å². The van der Waals surface area contributed by atoms with Crippen LogP contribution in [0.15, 0.2) is 59.1 Å². The van der Waals surface area contributed by atoms with Gasteiger partial charge in [-0.25, -0.2) is 9.37 Å². The van der Waals surface area contributed by atoms with Gasteiger partial charge in [-0.1, -0.05) is 12.1 Å². The standard InChI is InChI=1S/C25H24FN3O3/c1-31-20-7-4-16(5-8-20)11-21-14-27-24(32-21)17-3-2-10-29(15-17)25(30)23-13-18-12-19(26)6-9-22(18)28-23/h4-9,12-14,17,28H,2-3,10-11,15H2,1H3/t17-/m1/s1. The van der Waals surface area contributed by atoms with Gasteiger partial charge in [0.2, 0.25) is 0 Å². The van der Waals surface area contributed by atoms with Gasteiger partial charge in [-0.05, 0) is 54.8 Å². The number of fused-ring (bicyclic) bond motifs is 1. The maximum Gasteiger partial charge on any atom is 0.270 e. The summed E-state index contributed by atoms with van der Waals surface area (Å²) < 4.78 is 24.7. The van der Waals surface area contributed by atoms with Crippen LogP contribution in [0.25, 0.3) is 10.9 Å². The van der Waals surface area contributed by atoms with Crippen LogP contribution in [0.5, 0.6) is 5.75 Å². The smallest absolute Gasteiger partial charge is 0.270 e. The average Bonchev–Trinajstić information content (AvgIpc) is 3.46.